The van der Waals surface area contributed by atoms with E-state index in [0.29, 0.717) is 18.2 Å². The second-order valence-electron chi connectivity index (χ2n) is 3.74. The molecule has 0 saturated heterocycles. The molecular formula is C12H18FNO. The zero-order valence-electron chi connectivity index (χ0n) is 9.51. The predicted molar refractivity (Wildman–Crippen MR) is 59.8 cm³/mol. The van der Waals surface area contributed by atoms with Gasteiger partial charge in [-0.25, -0.2) is 4.39 Å². The fourth-order valence-electron chi connectivity index (χ4n) is 1.20. The minimum absolute atomic E-state index is 0.189. The highest BCUT2D eigenvalue weighted by atomic mass is 19.1. The predicted octanol–water partition coefficient (Wildman–Crippen LogP) is 2.51. The third-order valence-corrected chi connectivity index (χ3v) is 2.44. The van der Waals surface area contributed by atoms with Gasteiger partial charge < -0.3 is 10.1 Å². The third kappa shape index (κ3) is 3.88. The summed E-state index contributed by atoms with van der Waals surface area (Å²) in [4.78, 5) is 0. The van der Waals surface area contributed by atoms with Gasteiger partial charge in [0.2, 0.25) is 0 Å². The summed E-state index contributed by atoms with van der Waals surface area (Å²) in [7, 11) is 1.92. The van der Waals surface area contributed by atoms with Gasteiger partial charge in [0.1, 0.15) is 11.6 Å². The first-order valence-corrected chi connectivity index (χ1v) is 5.19. The lowest BCUT2D eigenvalue weighted by Gasteiger charge is -2.11. The molecule has 0 bridgehead atoms. The van der Waals surface area contributed by atoms with E-state index in [1.807, 2.05) is 7.05 Å². The minimum atomic E-state index is -0.189. The van der Waals surface area contributed by atoms with Gasteiger partial charge in [-0.05, 0) is 51.1 Å². The van der Waals surface area contributed by atoms with Crippen molar-refractivity contribution in [3.63, 3.8) is 0 Å². The van der Waals surface area contributed by atoms with E-state index in [9.17, 15) is 4.39 Å². The van der Waals surface area contributed by atoms with Crippen LogP contribution in [0.1, 0.15) is 18.9 Å². The second kappa shape index (κ2) is 5.71. The van der Waals surface area contributed by atoms with Crippen molar-refractivity contribution < 1.29 is 9.13 Å². The lowest BCUT2D eigenvalue weighted by atomic mass is 10.2. The number of ether oxygens (including phenoxy) is 1. The van der Waals surface area contributed by atoms with Gasteiger partial charge in [0.05, 0.1) is 6.61 Å². The van der Waals surface area contributed by atoms with Crippen molar-refractivity contribution >= 4 is 0 Å². The van der Waals surface area contributed by atoms with Crippen LogP contribution in [0.4, 0.5) is 4.39 Å². The van der Waals surface area contributed by atoms with Gasteiger partial charge in [0.25, 0.3) is 0 Å². The zero-order chi connectivity index (χ0) is 11.3. The van der Waals surface area contributed by atoms with E-state index in [0.717, 1.165) is 12.2 Å². The quantitative estimate of drug-likeness (QED) is 0.808. The van der Waals surface area contributed by atoms with Crippen molar-refractivity contribution in [2.45, 2.75) is 26.3 Å². The number of nitrogens with one attached hydrogen (secondary N) is 1. The molecule has 0 aliphatic rings. The Balaban J connectivity index is 2.41. The Bertz CT molecular complexity index is 314. The van der Waals surface area contributed by atoms with Crippen LogP contribution in [0.2, 0.25) is 0 Å². The van der Waals surface area contributed by atoms with E-state index >= 15 is 0 Å². The molecule has 84 valence electrons. The Labute approximate surface area is 90.4 Å². The zero-order valence-corrected chi connectivity index (χ0v) is 9.51. The van der Waals surface area contributed by atoms with Crippen LogP contribution in [0.15, 0.2) is 18.2 Å². The van der Waals surface area contributed by atoms with E-state index in [2.05, 4.69) is 12.2 Å². The molecule has 0 saturated carbocycles. The molecule has 0 spiro atoms. The molecule has 1 aromatic carbocycles. The van der Waals surface area contributed by atoms with Crippen LogP contribution >= 0.6 is 0 Å². The van der Waals surface area contributed by atoms with Crippen molar-refractivity contribution in [1.82, 2.24) is 5.32 Å². The van der Waals surface area contributed by atoms with E-state index in [1.165, 1.54) is 6.07 Å². The van der Waals surface area contributed by atoms with Gasteiger partial charge in [-0.3, -0.25) is 0 Å². The SMILES string of the molecule is CNC(C)CCOc1ccc(F)c(C)c1. The Morgan fingerprint density at radius 2 is 2.20 bits per heavy atom. The summed E-state index contributed by atoms with van der Waals surface area (Å²) in [6.45, 7) is 4.48. The summed E-state index contributed by atoms with van der Waals surface area (Å²) >= 11 is 0. The second-order valence-corrected chi connectivity index (χ2v) is 3.74. The fraction of sp³-hybridized carbons (Fsp3) is 0.500. The number of rotatable bonds is 5. The molecule has 1 N–H and O–H groups in total. The first-order chi connectivity index (χ1) is 7.13. The lowest BCUT2D eigenvalue weighted by Crippen LogP contribution is -2.23. The summed E-state index contributed by atoms with van der Waals surface area (Å²) in [6.07, 6.45) is 0.937. The molecule has 0 aromatic heterocycles. The van der Waals surface area contributed by atoms with Gasteiger partial charge in [-0.15, -0.1) is 0 Å². The molecule has 1 unspecified atom stereocenters. The molecule has 0 aliphatic heterocycles. The van der Waals surface area contributed by atoms with Crippen LogP contribution in [0.3, 0.4) is 0 Å². The maximum Gasteiger partial charge on any atom is 0.126 e. The van der Waals surface area contributed by atoms with Crippen LogP contribution in [-0.2, 0) is 0 Å². The monoisotopic (exact) mass is 211 g/mol. The molecule has 0 radical (unpaired) electrons. The van der Waals surface area contributed by atoms with Crippen LogP contribution in [0.5, 0.6) is 5.75 Å². The largest absolute Gasteiger partial charge is 0.494 e. The molecule has 1 atom stereocenters. The number of aryl methyl sites for hydroxylation is 1. The van der Waals surface area contributed by atoms with Gasteiger partial charge in [0.15, 0.2) is 0 Å². The van der Waals surface area contributed by atoms with Crippen LogP contribution < -0.4 is 10.1 Å². The summed E-state index contributed by atoms with van der Waals surface area (Å²) < 4.78 is 18.4. The van der Waals surface area contributed by atoms with Crippen molar-refractivity contribution in [2.75, 3.05) is 13.7 Å². The minimum Gasteiger partial charge on any atom is -0.494 e. The first-order valence-electron chi connectivity index (χ1n) is 5.19. The molecule has 0 aliphatic carbocycles. The average molecular weight is 211 g/mol. The topological polar surface area (TPSA) is 21.3 Å². The van der Waals surface area contributed by atoms with Crippen LogP contribution in [-0.4, -0.2) is 19.7 Å². The summed E-state index contributed by atoms with van der Waals surface area (Å²) in [5.41, 5.74) is 0.620. The number of hydrogen-bond donors (Lipinski definition) is 1. The maximum atomic E-state index is 12.9. The summed E-state index contributed by atoms with van der Waals surface area (Å²) in [6, 6.07) is 5.25. The molecule has 0 heterocycles. The highest BCUT2D eigenvalue weighted by Crippen LogP contribution is 2.16. The summed E-state index contributed by atoms with van der Waals surface area (Å²) in [5, 5.41) is 3.13. The molecule has 3 heteroatoms. The lowest BCUT2D eigenvalue weighted by molar-refractivity contribution is 0.293. The van der Waals surface area contributed by atoms with Crippen LogP contribution in [0.25, 0.3) is 0 Å². The Morgan fingerprint density at radius 3 is 2.80 bits per heavy atom. The Kier molecular flexibility index (Phi) is 4.56. The molecule has 0 amide bonds. The average Bonchev–Trinajstić information content (AvgIpc) is 2.23. The molecule has 2 nitrogen and oxygen atoms in total. The smallest absolute Gasteiger partial charge is 0.126 e. The Morgan fingerprint density at radius 1 is 1.47 bits per heavy atom. The normalized spacial score (nSPS) is 12.5. The molecule has 1 rings (SSSR count). The van der Waals surface area contributed by atoms with E-state index in [-0.39, 0.29) is 5.82 Å². The van der Waals surface area contributed by atoms with Gasteiger partial charge in [-0.2, -0.15) is 0 Å². The summed E-state index contributed by atoms with van der Waals surface area (Å²) in [5.74, 6) is 0.545. The standard InChI is InChI=1S/C12H18FNO/c1-9-8-11(4-5-12(9)13)15-7-6-10(2)14-3/h4-5,8,10,14H,6-7H2,1-3H3. The first kappa shape index (κ1) is 12.0. The fourth-order valence-corrected chi connectivity index (χ4v) is 1.20. The van der Waals surface area contributed by atoms with E-state index in [4.69, 9.17) is 4.74 Å². The van der Waals surface area contributed by atoms with Crippen molar-refractivity contribution in [2.24, 2.45) is 0 Å². The van der Waals surface area contributed by atoms with E-state index < -0.39 is 0 Å². The highest BCUT2D eigenvalue weighted by molar-refractivity contribution is 5.28. The van der Waals surface area contributed by atoms with E-state index in [1.54, 1.807) is 19.1 Å². The molecule has 0 fully saturated rings. The van der Waals surface area contributed by atoms with Gasteiger partial charge in [0, 0.05) is 6.04 Å². The molecular weight excluding hydrogens is 193 g/mol. The number of hydrogen-bond acceptors (Lipinski definition) is 2. The number of benzene rings is 1. The highest BCUT2D eigenvalue weighted by Gasteiger charge is 2.01. The maximum absolute atomic E-state index is 12.9. The third-order valence-electron chi connectivity index (χ3n) is 2.44. The van der Waals surface area contributed by atoms with Crippen molar-refractivity contribution in [1.29, 1.82) is 0 Å². The van der Waals surface area contributed by atoms with Crippen molar-refractivity contribution in [3.05, 3.63) is 29.6 Å². The van der Waals surface area contributed by atoms with Gasteiger partial charge >= 0.3 is 0 Å². The molecule has 15 heavy (non-hydrogen) atoms. The van der Waals surface area contributed by atoms with Gasteiger partial charge in [-0.1, -0.05) is 0 Å². The Hall–Kier alpha value is -1.09. The number of halogens is 1. The van der Waals surface area contributed by atoms with Crippen LogP contribution in [0, 0.1) is 12.7 Å². The van der Waals surface area contributed by atoms with Crippen molar-refractivity contribution in [3.8, 4) is 5.75 Å². The molecule has 1 aromatic rings.